The van der Waals surface area contributed by atoms with Gasteiger partial charge < -0.3 is 19.9 Å². The minimum absolute atomic E-state index is 0.178. The molecule has 2 unspecified atom stereocenters. The summed E-state index contributed by atoms with van der Waals surface area (Å²) in [6, 6.07) is 2.17. The van der Waals surface area contributed by atoms with Gasteiger partial charge in [0.2, 0.25) is 0 Å². The predicted molar refractivity (Wildman–Crippen MR) is 92.2 cm³/mol. The van der Waals surface area contributed by atoms with E-state index >= 15 is 0 Å². The molecule has 4 heterocycles. The molecule has 2 aliphatic heterocycles. The lowest BCUT2D eigenvalue weighted by Crippen LogP contribution is -2.32. The Balaban J connectivity index is 1.44. The van der Waals surface area contributed by atoms with Crippen molar-refractivity contribution in [2.45, 2.75) is 44.2 Å². The highest BCUT2D eigenvalue weighted by Gasteiger charge is 2.25. The van der Waals surface area contributed by atoms with Crippen molar-refractivity contribution in [3.8, 4) is 0 Å². The van der Waals surface area contributed by atoms with Crippen LogP contribution in [-0.4, -0.2) is 50.4 Å². The summed E-state index contributed by atoms with van der Waals surface area (Å²) in [7, 11) is 0. The number of rotatable bonds is 5. The number of nitrogens with one attached hydrogen (secondary N) is 1. The van der Waals surface area contributed by atoms with E-state index in [-0.39, 0.29) is 12.6 Å². The van der Waals surface area contributed by atoms with E-state index in [0.29, 0.717) is 5.92 Å². The van der Waals surface area contributed by atoms with Gasteiger partial charge in [-0.2, -0.15) is 0 Å². The first-order valence-electron chi connectivity index (χ1n) is 8.79. The molecule has 0 spiro atoms. The minimum Gasteiger partial charge on any atom is -0.394 e. The van der Waals surface area contributed by atoms with Crippen molar-refractivity contribution in [2.24, 2.45) is 0 Å². The topological polar surface area (TPSA) is 79.1 Å². The number of hydrogen-bond donors (Lipinski definition) is 2. The summed E-state index contributed by atoms with van der Waals surface area (Å²) in [6.45, 7) is 3.02. The monoisotopic (exact) mass is 328 g/mol. The predicted octanol–water partition coefficient (Wildman–Crippen LogP) is 1.62. The van der Waals surface area contributed by atoms with Crippen molar-refractivity contribution in [1.29, 1.82) is 0 Å². The molecule has 2 atom stereocenters. The van der Waals surface area contributed by atoms with E-state index in [2.05, 4.69) is 35.9 Å². The third-order valence-electron chi connectivity index (χ3n) is 5.13. The van der Waals surface area contributed by atoms with Crippen molar-refractivity contribution < 1.29 is 5.11 Å². The summed E-state index contributed by atoms with van der Waals surface area (Å²) in [5.74, 6) is 3.33. The van der Waals surface area contributed by atoms with Gasteiger partial charge >= 0.3 is 0 Å². The second kappa shape index (κ2) is 6.76. The van der Waals surface area contributed by atoms with Crippen LogP contribution in [0.3, 0.4) is 0 Å². The van der Waals surface area contributed by atoms with Crippen LogP contribution in [0.5, 0.6) is 0 Å². The standard InChI is InChI=1S/C17H24N6O/c24-11-14-4-2-7-23(14)16-9-15(20-12-21-16)19-10-13-3-1-6-22-8-5-18-17(13)22/h5,8-9,12-14,24H,1-4,6-7,10-11H2,(H,19,20,21). The van der Waals surface area contributed by atoms with E-state index in [1.165, 1.54) is 12.2 Å². The normalized spacial score (nSPS) is 23.3. The molecule has 0 amide bonds. The molecule has 1 fully saturated rings. The summed E-state index contributed by atoms with van der Waals surface area (Å²) in [5, 5.41) is 13.0. The second-order valence-corrected chi connectivity index (χ2v) is 6.63. The van der Waals surface area contributed by atoms with Crippen molar-refractivity contribution in [1.82, 2.24) is 19.5 Å². The fourth-order valence-corrected chi connectivity index (χ4v) is 3.86. The Labute approximate surface area is 141 Å². The maximum Gasteiger partial charge on any atom is 0.134 e. The van der Waals surface area contributed by atoms with Gasteiger partial charge in [0.05, 0.1) is 12.6 Å². The molecular weight excluding hydrogens is 304 g/mol. The van der Waals surface area contributed by atoms with Crippen molar-refractivity contribution >= 4 is 11.6 Å². The zero-order chi connectivity index (χ0) is 16.4. The zero-order valence-electron chi connectivity index (χ0n) is 13.8. The molecule has 0 aromatic carbocycles. The lowest BCUT2D eigenvalue weighted by Gasteiger charge is -2.25. The third kappa shape index (κ3) is 2.96. The number of hydrogen-bond acceptors (Lipinski definition) is 6. The third-order valence-corrected chi connectivity index (χ3v) is 5.13. The Bertz CT molecular complexity index is 687. The number of anilines is 2. The van der Waals surface area contributed by atoms with E-state index < -0.39 is 0 Å². The molecule has 4 rings (SSSR count). The number of fused-ring (bicyclic) bond motifs is 1. The largest absolute Gasteiger partial charge is 0.394 e. The van der Waals surface area contributed by atoms with Gasteiger partial charge in [0.15, 0.2) is 0 Å². The Morgan fingerprint density at radius 2 is 2.08 bits per heavy atom. The maximum absolute atomic E-state index is 9.50. The molecule has 7 heteroatoms. The van der Waals surface area contributed by atoms with Crippen molar-refractivity contribution in [2.75, 3.05) is 29.9 Å². The summed E-state index contributed by atoms with van der Waals surface area (Å²) in [5.41, 5.74) is 0. The SMILES string of the molecule is OCC1CCCN1c1cc(NCC2CCCn3ccnc32)ncn1. The number of aromatic nitrogens is 4. The highest BCUT2D eigenvalue weighted by atomic mass is 16.3. The van der Waals surface area contributed by atoms with Crippen LogP contribution in [0.25, 0.3) is 0 Å². The zero-order valence-corrected chi connectivity index (χ0v) is 13.8. The molecule has 2 aromatic rings. The summed E-state index contributed by atoms with van der Waals surface area (Å²) < 4.78 is 2.25. The fraction of sp³-hybridized carbons (Fsp3) is 0.588. The molecule has 0 bridgehead atoms. The van der Waals surface area contributed by atoms with Gasteiger partial charge in [-0.3, -0.25) is 0 Å². The van der Waals surface area contributed by atoms with E-state index in [1.54, 1.807) is 6.33 Å². The minimum atomic E-state index is 0.178. The quantitative estimate of drug-likeness (QED) is 0.868. The molecule has 2 aromatic heterocycles. The van der Waals surface area contributed by atoms with Crippen molar-refractivity contribution in [3.05, 3.63) is 30.6 Å². The molecule has 7 nitrogen and oxygen atoms in total. The van der Waals surface area contributed by atoms with Crippen LogP contribution >= 0.6 is 0 Å². The number of imidazole rings is 1. The number of aliphatic hydroxyl groups excluding tert-OH is 1. The molecule has 2 N–H and O–H groups in total. The highest BCUT2D eigenvalue weighted by Crippen LogP contribution is 2.27. The number of aryl methyl sites for hydroxylation is 1. The maximum atomic E-state index is 9.50. The number of aliphatic hydroxyl groups is 1. The van der Waals surface area contributed by atoms with Crippen LogP contribution in [0.2, 0.25) is 0 Å². The average Bonchev–Trinajstić information content (AvgIpc) is 3.29. The highest BCUT2D eigenvalue weighted by molar-refractivity contribution is 5.50. The van der Waals surface area contributed by atoms with E-state index in [0.717, 1.165) is 50.5 Å². The Morgan fingerprint density at radius 3 is 3.00 bits per heavy atom. The summed E-state index contributed by atoms with van der Waals surface area (Å²) in [6.07, 6.45) is 10.0. The molecule has 0 aliphatic carbocycles. The van der Waals surface area contributed by atoms with Gasteiger partial charge in [-0.25, -0.2) is 15.0 Å². The van der Waals surface area contributed by atoms with E-state index in [1.807, 2.05) is 12.3 Å². The van der Waals surface area contributed by atoms with E-state index in [9.17, 15) is 5.11 Å². The number of nitrogens with zero attached hydrogens (tertiary/aromatic N) is 5. The van der Waals surface area contributed by atoms with Crippen molar-refractivity contribution in [3.63, 3.8) is 0 Å². The lowest BCUT2D eigenvalue weighted by atomic mass is 9.99. The van der Waals surface area contributed by atoms with Crippen LogP contribution in [0.15, 0.2) is 24.8 Å². The van der Waals surface area contributed by atoms with Gasteiger partial charge in [0, 0.05) is 44.0 Å². The molecular formula is C17H24N6O. The summed E-state index contributed by atoms with van der Waals surface area (Å²) in [4.78, 5) is 15.4. The van der Waals surface area contributed by atoms with Gasteiger partial charge in [0.25, 0.3) is 0 Å². The van der Waals surface area contributed by atoms with Gasteiger partial charge in [-0.1, -0.05) is 0 Å². The molecule has 1 saturated heterocycles. The first-order chi connectivity index (χ1) is 11.8. The van der Waals surface area contributed by atoms with E-state index in [4.69, 9.17) is 0 Å². The van der Waals surface area contributed by atoms with Crippen LogP contribution in [-0.2, 0) is 6.54 Å². The van der Waals surface area contributed by atoms with Crippen LogP contribution in [0.4, 0.5) is 11.6 Å². The molecule has 24 heavy (non-hydrogen) atoms. The van der Waals surface area contributed by atoms with Gasteiger partial charge in [-0.05, 0) is 25.7 Å². The smallest absolute Gasteiger partial charge is 0.134 e. The molecule has 0 radical (unpaired) electrons. The van der Waals surface area contributed by atoms with Crippen LogP contribution in [0.1, 0.15) is 37.4 Å². The Morgan fingerprint density at radius 1 is 1.17 bits per heavy atom. The van der Waals surface area contributed by atoms with Crippen LogP contribution in [0, 0.1) is 0 Å². The Hall–Kier alpha value is -2.15. The molecule has 2 aliphatic rings. The fourth-order valence-electron chi connectivity index (χ4n) is 3.86. The van der Waals surface area contributed by atoms with Gasteiger partial charge in [-0.15, -0.1) is 0 Å². The average molecular weight is 328 g/mol. The molecule has 0 saturated carbocycles. The lowest BCUT2D eigenvalue weighted by molar-refractivity contribution is 0.266. The Kier molecular flexibility index (Phi) is 4.34. The first-order valence-corrected chi connectivity index (χ1v) is 8.79. The second-order valence-electron chi connectivity index (χ2n) is 6.63. The van der Waals surface area contributed by atoms with Crippen LogP contribution < -0.4 is 10.2 Å². The molecule has 128 valence electrons. The first kappa shape index (κ1) is 15.4. The van der Waals surface area contributed by atoms with Gasteiger partial charge in [0.1, 0.15) is 23.8 Å². The summed E-state index contributed by atoms with van der Waals surface area (Å²) >= 11 is 0.